The highest BCUT2D eigenvalue weighted by atomic mass is 16.4. The van der Waals surface area contributed by atoms with Gasteiger partial charge in [0.15, 0.2) is 0 Å². The fraction of sp³-hybridized carbons (Fsp3) is 0.185. The number of benzene rings is 3. The summed E-state index contributed by atoms with van der Waals surface area (Å²) >= 11 is 0. The van der Waals surface area contributed by atoms with Crippen LogP contribution in [0.2, 0.25) is 0 Å². The third-order valence-electron chi connectivity index (χ3n) is 5.80. The fourth-order valence-electron chi connectivity index (χ4n) is 4.03. The predicted octanol–water partition coefficient (Wildman–Crippen LogP) is 5.06. The Morgan fingerprint density at radius 1 is 0.941 bits per heavy atom. The molecule has 0 bridgehead atoms. The highest BCUT2D eigenvalue weighted by Gasteiger charge is 2.19. The van der Waals surface area contributed by atoms with E-state index in [-0.39, 0.29) is 11.1 Å². The van der Waals surface area contributed by atoms with Crippen molar-refractivity contribution in [3.05, 3.63) is 89.2 Å². The summed E-state index contributed by atoms with van der Waals surface area (Å²) in [6.07, 6.45) is 2.78. The molecule has 7 nitrogen and oxygen atoms in total. The highest BCUT2D eigenvalue weighted by molar-refractivity contribution is 6.41. The molecule has 0 aliphatic carbocycles. The molecule has 4 aromatic rings. The van der Waals surface area contributed by atoms with E-state index in [1.165, 1.54) is 6.07 Å². The normalized spacial score (nSPS) is 11.0. The second-order valence-electron chi connectivity index (χ2n) is 8.10. The van der Waals surface area contributed by atoms with Gasteiger partial charge in [0.1, 0.15) is 5.82 Å². The van der Waals surface area contributed by atoms with Crippen LogP contribution in [-0.2, 0) is 17.8 Å². The van der Waals surface area contributed by atoms with Crippen LogP contribution in [0.5, 0.6) is 0 Å². The number of unbranched alkanes of at least 4 members (excludes halogenated alkanes) is 1. The number of aryl methyl sites for hydroxylation is 1. The molecule has 0 atom stereocenters. The van der Waals surface area contributed by atoms with Crippen LogP contribution in [-0.4, -0.2) is 37.5 Å². The summed E-state index contributed by atoms with van der Waals surface area (Å²) in [5.74, 6) is -2.51. The number of ketones is 1. The molecule has 0 unspecified atom stereocenters. The van der Waals surface area contributed by atoms with Crippen LogP contribution in [0.3, 0.4) is 0 Å². The number of carbonyl (C=O) groups excluding carboxylic acids is 1. The number of rotatable bonds is 9. The topological polar surface area (TPSA) is 109 Å². The second kappa shape index (κ2) is 9.70. The Hall–Kier alpha value is -4.26. The van der Waals surface area contributed by atoms with Crippen LogP contribution in [0.25, 0.3) is 22.2 Å². The van der Waals surface area contributed by atoms with Crippen molar-refractivity contribution >= 4 is 28.8 Å². The van der Waals surface area contributed by atoms with Crippen molar-refractivity contribution in [1.82, 2.24) is 9.55 Å². The summed E-state index contributed by atoms with van der Waals surface area (Å²) in [7, 11) is 0. The van der Waals surface area contributed by atoms with Gasteiger partial charge in [-0.3, -0.25) is 4.79 Å². The Kier molecular flexibility index (Phi) is 6.54. The third-order valence-corrected chi connectivity index (χ3v) is 5.80. The maximum Gasteiger partial charge on any atom is 0.377 e. The molecule has 3 aromatic carbocycles. The van der Waals surface area contributed by atoms with E-state index < -0.39 is 17.7 Å². The van der Waals surface area contributed by atoms with Gasteiger partial charge in [-0.1, -0.05) is 61.9 Å². The summed E-state index contributed by atoms with van der Waals surface area (Å²) in [5.41, 5.74) is 4.16. The number of carbonyl (C=O) groups is 3. The van der Waals surface area contributed by atoms with Crippen LogP contribution in [0.1, 0.15) is 51.9 Å². The maximum atomic E-state index is 12.1. The zero-order chi connectivity index (χ0) is 24.2. The molecule has 0 fully saturated rings. The summed E-state index contributed by atoms with van der Waals surface area (Å²) in [5, 5.41) is 18.5. The molecular weight excluding hydrogens is 432 g/mol. The van der Waals surface area contributed by atoms with E-state index in [1.54, 1.807) is 36.4 Å². The van der Waals surface area contributed by atoms with Crippen molar-refractivity contribution in [2.75, 3.05) is 0 Å². The molecule has 1 aromatic heterocycles. The monoisotopic (exact) mass is 456 g/mol. The average Bonchev–Trinajstić information content (AvgIpc) is 3.19. The van der Waals surface area contributed by atoms with Gasteiger partial charge < -0.3 is 14.8 Å². The number of aromatic carboxylic acids is 1. The second-order valence-corrected chi connectivity index (χ2v) is 8.10. The molecule has 0 aliphatic heterocycles. The molecule has 2 N–H and O–H groups in total. The minimum atomic E-state index is -1.49. The zero-order valence-corrected chi connectivity index (χ0v) is 18.7. The number of fused-ring (bicyclic) bond motifs is 1. The minimum Gasteiger partial charge on any atom is -0.478 e. The van der Waals surface area contributed by atoms with Crippen molar-refractivity contribution in [2.45, 2.75) is 32.7 Å². The average molecular weight is 456 g/mol. The van der Waals surface area contributed by atoms with Crippen LogP contribution in [0.15, 0.2) is 66.7 Å². The van der Waals surface area contributed by atoms with Gasteiger partial charge in [0, 0.05) is 18.5 Å². The molecule has 7 heteroatoms. The number of aliphatic carboxylic acids is 1. The number of Topliss-reactive ketones (excluding diaryl/α,β-unsaturated/α-hetero) is 1. The molecule has 1 heterocycles. The van der Waals surface area contributed by atoms with Gasteiger partial charge in [-0.25, -0.2) is 14.6 Å². The smallest absolute Gasteiger partial charge is 0.377 e. The number of imidazole rings is 1. The molecule has 0 saturated carbocycles. The summed E-state index contributed by atoms with van der Waals surface area (Å²) < 4.78 is 2.05. The Morgan fingerprint density at radius 2 is 1.68 bits per heavy atom. The van der Waals surface area contributed by atoms with E-state index in [0.29, 0.717) is 12.1 Å². The number of carboxylic acids is 2. The SMILES string of the molecule is CCCCc1nc2ccc(C(=O)O)cc2n1Cc1ccc(-c2ccccc2C(=O)C(=O)O)cc1. The van der Waals surface area contributed by atoms with Crippen LogP contribution >= 0.6 is 0 Å². The predicted molar refractivity (Wildman–Crippen MR) is 128 cm³/mol. The zero-order valence-electron chi connectivity index (χ0n) is 18.7. The van der Waals surface area contributed by atoms with Crippen molar-refractivity contribution in [3.63, 3.8) is 0 Å². The van der Waals surface area contributed by atoms with Crippen LogP contribution < -0.4 is 0 Å². The number of hydrogen-bond acceptors (Lipinski definition) is 4. The molecule has 0 saturated heterocycles. The molecule has 172 valence electrons. The number of nitrogens with zero attached hydrogens (tertiary/aromatic N) is 2. The molecule has 0 aliphatic rings. The molecule has 0 spiro atoms. The lowest BCUT2D eigenvalue weighted by atomic mass is 9.96. The van der Waals surface area contributed by atoms with Crippen molar-refractivity contribution in [1.29, 1.82) is 0 Å². The molecule has 0 amide bonds. The molecule has 34 heavy (non-hydrogen) atoms. The molecular formula is C27H24N2O5. The van der Waals surface area contributed by atoms with Gasteiger partial charge >= 0.3 is 11.9 Å². The fourth-order valence-corrected chi connectivity index (χ4v) is 4.03. The number of hydrogen-bond donors (Lipinski definition) is 2. The highest BCUT2D eigenvalue weighted by Crippen LogP contribution is 2.26. The largest absolute Gasteiger partial charge is 0.478 e. The van der Waals surface area contributed by atoms with E-state index >= 15 is 0 Å². The maximum absolute atomic E-state index is 12.1. The van der Waals surface area contributed by atoms with Gasteiger partial charge in [0.25, 0.3) is 5.78 Å². The quantitative estimate of drug-likeness (QED) is 0.269. The van der Waals surface area contributed by atoms with Crippen molar-refractivity contribution in [3.8, 4) is 11.1 Å². The number of carboxylic acid groups (broad SMARTS) is 2. The first-order valence-electron chi connectivity index (χ1n) is 11.1. The summed E-state index contributed by atoms with van der Waals surface area (Å²) in [6, 6.07) is 19.2. The first-order chi connectivity index (χ1) is 16.4. The molecule has 4 rings (SSSR count). The van der Waals surface area contributed by atoms with Crippen LogP contribution in [0.4, 0.5) is 0 Å². The van der Waals surface area contributed by atoms with Gasteiger partial charge in [0.2, 0.25) is 0 Å². The first kappa shape index (κ1) is 22.9. The Balaban J connectivity index is 1.70. The Morgan fingerprint density at radius 3 is 2.35 bits per heavy atom. The van der Waals surface area contributed by atoms with E-state index in [9.17, 15) is 19.5 Å². The lowest BCUT2D eigenvalue weighted by Crippen LogP contribution is -2.13. The van der Waals surface area contributed by atoms with Gasteiger partial charge in [0.05, 0.1) is 16.6 Å². The summed E-state index contributed by atoms with van der Waals surface area (Å²) in [4.78, 5) is 39.5. The molecule has 0 radical (unpaired) electrons. The lowest BCUT2D eigenvalue weighted by molar-refractivity contribution is -0.131. The Bertz CT molecular complexity index is 1390. The van der Waals surface area contributed by atoms with Gasteiger partial charge in [-0.2, -0.15) is 0 Å². The van der Waals surface area contributed by atoms with E-state index in [1.807, 2.05) is 28.8 Å². The Labute approximate surface area is 196 Å². The van der Waals surface area contributed by atoms with E-state index in [2.05, 4.69) is 6.92 Å². The summed E-state index contributed by atoms with van der Waals surface area (Å²) in [6.45, 7) is 2.62. The number of aromatic nitrogens is 2. The van der Waals surface area contributed by atoms with Gasteiger partial charge in [-0.05, 0) is 41.3 Å². The van der Waals surface area contributed by atoms with E-state index in [4.69, 9.17) is 10.1 Å². The first-order valence-corrected chi connectivity index (χ1v) is 11.1. The standard InChI is InChI=1S/C27H24N2O5/c1-2-3-8-24-28-22-14-13-19(26(31)32)15-23(22)29(24)16-17-9-11-18(12-10-17)20-6-4-5-7-21(20)25(30)27(33)34/h4-7,9-15H,2-3,8,16H2,1H3,(H,31,32)(H,33,34). The third kappa shape index (κ3) is 4.59. The van der Waals surface area contributed by atoms with Crippen molar-refractivity contribution < 1.29 is 24.6 Å². The van der Waals surface area contributed by atoms with Gasteiger partial charge in [-0.15, -0.1) is 0 Å². The van der Waals surface area contributed by atoms with Crippen molar-refractivity contribution in [2.24, 2.45) is 0 Å². The van der Waals surface area contributed by atoms with E-state index in [0.717, 1.165) is 47.2 Å². The van der Waals surface area contributed by atoms with Crippen LogP contribution in [0, 0.1) is 0 Å². The lowest BCUT2D eigenvalue weighted by Gasteiger charge is -2.11. The minimum absolute atomic E-state index is 0.145.